The summed E-state index contributed by atoms with van der Waals surface area (Å²) in [6, 6.07) is 39.4. The second kappa shape index (κ2) is 8.17. The standard InChI is InChI=1S/C29H20N4/c1-3-11-20(12-4-1)22-15-7-9-17-24(22)26-19-27-29(30-26)28(32-33-31-27)25-18-10-8-16-23(25)21-13-5-2-6-14-21/h1-19H,(H,31,32). The highest BCUT2D eigenvalue weighted by atomic mass is 15.3. The number of hydrogen-bond donors (Lipinski definition) is 1. The monoisotopic (exact) mass is 424 g/mol. The molecule has 2 aliphatic rings. The number of rotatable bonds is 4. The van der Waals surface area contributed by atoms with Crippen molar-refractivity contribution in [2.24, 2.45) is 0 Å². The SMILES string of the molecule is c1ccc(-c2ccccc2-c2cc3[nH]nnc(-c4ccccc4-c4ccccc4)c-3n2)cc1. The molecule has 4 aromatic carbocycles. The molecule has 0 aromatic heterocycles. The van der Waals surface area contributed by atoms with Gasteiger partial charge in [-0.3, -0.25) is 5.10 Å². The number of aromatic amines is 1. The molecule has 33 heavy (non-hydrogen) atoms. The molecule has 0 saturated heterocycles. The average molecular weight is 425 g/mol. The fourth-order valence-corrected chi connectivity index (χ4v) is 4.31. The fraction of sp³-hybridized carbons (Fsp3) is 0. The van der Waals surface area contributed by atoms with Gasteiger partial charge in [0.1, 0.15) is 11.4 Å². The second-order valence-electron chi connectivity index (χ2n) is 7.89. The lowest BCUT2D eigenvalue weighted by atomic mass is 9.96. The van der Waals surface area contributed by atoms with E-state index in [0.717, 1.165) is 56.2 Å². The second-order valence-corrected chi connectivity index (χ2v) is 7.89. The molecule has 4 heteroatoms. The van der Waals surface area contributed by atoms with E-state index in [1.165, 1.54) is 0 Å². The molecule has 0 fully saturated rings. The van der Waals surface area contributed by atoms with E-state index in [1.807, 2.05) is 42.5 Å². The summed E-state index contributed by atoms with van der Waals surface area (Å²) in [4.78, 5) is 5.05. The zero-order valence-electron chi connectivity index (χ0n) is 17.8. The van der Waals surface area contributed by atoms with Gasteiger partial charge in [-0.2, -0.15) is 0 Å². The smallest absolute Gasteiger partial charge is 0.123 e. The Balaban J connectivity index is 1.53. The number of nitrogens with one attached hydrogen (secondary N) is 1. The first-order valence-electron chi connectivity index (χ1n) is 10.9. The minimum Gasteiger partial charge on any atom is -0.257 e. The first-order chi connectivity index (χ1) is 16.4. The van der Waals surface area contributed by atoms with Crippen molar-refractivity contribution >= 4 is 0 Å². The van der Waals surface area contributed by atoms with E-state index in [9.17, 15) is 0 Å². The van der Waals surface area contributed by atoms with Gasteiger partial charge >= 0.3 is 0 Å². The molecule has 0 bridgehead atoms. The zero-order valence-corrected chi connectivity index (χ0v) is 17.8. The van der Waals surface area contributed by atoms with Gasteiger partial charge in [0.25, 0.3) is 0 Å². The van der Waals surface area contributed by atoms with Crippen molar-refractivity contribution in [3.63, 3.8) is 0 Å². The van der Waals surface area contributed by atoms with Crippen LogP contribution in [-0.2, 0) is 0 Å². The zero-order chi connectivity index (χ0) is 22.0. The van der Waals surface area contributed by atoms with Crippen LogP contribution < -0.4 is 0 Å². The summed E-state index contributed by atoms with van der Waals surface area (Å²) in [5.41, 5.74) is 9.98. The van der Waals surface area contributed by atoms with E-state index in [-0.39, 0.29) is 0 Å². The van der Waals surface area contributed by atoms with Crippen LogP contribution in [0.15, 0.2) is 115 Å². The molecule has 2 heterocycles. The first-order valence-corrected chi connectivity index (χ1v) is 10.9. The minimum absolute atomic E-state index is 0.770. The molecule has 2 aliphatic heterocycles. The summed E-state index contributed by atoms with van der Waals surface area (Å²) in [5.74, 6) is 0. The molecule has 0 spiro atoms. The van der Waals surface area contributed by atoms with Crippen molar-refractivity contribution in [3.8, 4) is 56.2 Å². The third kappa shape index (κ3) is 3.48. The van der Waals surface area contributed by atoms with Crippen molar-refractivity contribution in [3.05, 3.63) is 115 Å². The lowest BCUT2D eigenvalue weighted by molar-refractivity contribution is 0.873. The van der Waals surface area contributed by atoms with E-state index in [1.54, 1.807) is 0 Å². The Kier molecular flexibility index (Phi) is 4.74. The molecule has 0 atom stereocenters. The Morgan fingerprint density at radius 2 is 1.00 bits per heavy atom. The van der Waals surface area contributed by atoms with Crippen LogP contribution in [0.25, 0.3) is 56.2 Å². The third-order valence-electron chi connectivity index (χ3n) is 5.87. The van der Waals surface area contributed by atoms with Crippen LogP contribution in [-0.4, -0.2) is 20.4 Å². The maximum Gasteiger partial charge on any atom is 0.123 e. The van der Waals surface area contributed by atoms with E-state index in [4.69, 9.17) is 4.98 Å². The van der Waals surface area contributed by atoms with Gasteiger partial charge in [-0.15, -0.1) is 5.10 Å². The number of fused-ring (bicyclic) bond motifs is 1. The summed E-state index contributed by atoms with van der Waals surface area (Å²) in [5, 5.41) is 11.7. The van der Waals surface area contributed by atoms with Gasteiger partial charge in [-0.05, 0) is 28.3 Å². The molecule has 0 saturated carbocycles. The topological polar surface area (TPSA) is 54.5 Å². The molecule has 0 aliphatic carbocycles. The highest BCUT2D eigenvalue weighted by Gasteiger charge is 2.21. The van der Waals surface area contributed by atoms with Crippen molar-refractivity contribution in [2.75, 3.05) is 0 Å². The number of H-pyrrole nitrogens is 1. The van der Waals surface area contributed by atoms with E-state index in [2.05, 4.69) is 88.2 Å². The number of benzene rings is 4. The Bertz CT molecular complexity index is 1500. The van der Waals surface area contributed by atoms with Gasteiger partial charge in [-0.1, -0.05) is 114 Å². The van der Waals surface area contributed by atoms with Crippen molar-refractivity contribution < 1.29 is 0 Å². The molecule has 4 nitrogen and oxygen atoms in total. The Morgan fingerprint density at radius 3 is 1.64 bits per heavy atom. The highest BCUT2D eigenvalue weighted by Crippen LogP contribution is 2.39. The molecule has 1 N–H and O–H groups in total. The molecule has 4 aromatic rings. The quantitative estimate of drug-likeness (QED) is 0.332. The van der Waals surface area contributed by atoms with Crippen LogP contribution >= 0.6 is 0 Å². The minimum atomic E-state index is 0.770. The summed E-state index contributed by atoms with van der Waals surface area (Å²) in [6.07, 6.45) is 0. The van der Waals surface area contributed by atoms with E-state index >= 15 is 0 Å². The Morgan fingerprint density at radius 1 is 0.485 bits per heavy atom. The predicted molar refractivity (Wildman–Crippen MR) is 133 cm³/mol. The summed E-state index contributed by atoms with van der Waals surface area (Å²) in [7, 11) is 0. The van der Waals surface area contributed by atoms with Gasteiger partial charge in [0.05, 0.1) is 11.4 Å². The van der Waals surface area contributed by atoms with Gasteiger partial charge in [0, 0.05) is 11.1 Å². The molecule has 0 radical (unpaired) electrons. The number of aromatic nitrogens is 4. The highest BCUT2D eigenvalue weighted by molar-refractivity contribution is 5.91. The predicted octanol–water partition coefficient (Wildman–Crippen LogP) is 6.97. The molecule has 156 valence electrons. The maximum atomic E-state index is 5.05. The number of nitrogens with zero attached hydrogens (tertiary/aromatic N) is 3. The van der Waals surface area contributed by atoms with Gasteiger partial charge < -0.3 is 0 Å². The van der Waals surface area contributed by atoms with E-state index in [0.29, 0.717) is 0 Å². The molecule has 0 amide bonds. The van der Waals surface area contributed by atoms with Gasteiger partial charge in [0.15, 0.2) is 0 Å². The Labute approximate surface area is 192 Å². The summed E-state index contributed by atoms with van der Waals surface area (Å²) < 4.78 is 0. The largest absolute Gasteiger partial charge is 0.257 e. The maximum absolute atomic E-state index is 5.05. The third-order valence-corrected chi connectivity index (χ3v) is 5.87. The van der Waals surface area contributed by atoms with Gasteiger partial charge in [0.2, 0.25) is 0 Å². The van der Waals surface area contributed by atoms with Crippen molar-refractivity contribution in [2.45, 2.75) is 0 Å². The summed E-state index contributed by atoms with van der Waals surface area (Å²) in [6.45, 7) is 0. The van der Waals surface area contributed by atoms with Crippen molar-refractivity contribution in [1.29, 1.82) is 0 Å². The lowest BCUT2D eigenvalue weighted by Gasteiger charge is -2.11. The Hall–Kier alpha value is -4.57. The molecule has 0 unspecified atom stereocenters. The number of hydrogen-bond acceptors (Lipinski definition) is 3. The van der Waals surface area contributed by atoms with Crippen LogP contribution in [0.3, 0.4) is 0 Å². The normalized spacial score (nSPS) is 11.0. The first kappa shape index (κ1) is 19.1. The average Bonchev–Trinajstić information content (AvgIpc) is 3.34. The van der Waals surface area contributed by atoms with Crippen LogP contribution in [0, 0.1) is 0 Å². The fourth-order valence-electron chi connectivity index (χ4n) is 4.31. The van der Waals surface area contributed by atoms with Gasteiger partial charge in [-0.25, -0.2) is 4.98 Å². The molecule has 6 rings (SSSR count). The van der Waals surface area contributed by atoms with Crippen LogP contribution in [0.5, 0.6) is 0 Å². The van der Waals surface area contributed by atoms with Crippen LogP contribution in [0.1, 0.15) is 0 Å². The summed E-state index contributed by atoms with van der Waals surface area (Å²) >= 11 is 0. The lowest BCUT2D eigenvalue weighted by Crippen LogP contribution is -1.98. The molecular weight excluding hydrogens is 404 g/mol. The van der Waals surface area contributed by atoms with Crippen molar-refractivity contribution in [1.82, 2.24) is 20.4 Å². The van der Waals surface area contributed by atoms with Crippen LogP contribution in [0.4, 0.5) is 0 Å². The van der Waals surface area contributed by atoms with Crippen LogP contribution in [0.2, 0.25) is 0 Å². The van der Waals surface area contributed by atoms with E-state index < -0.39 is 0 Å². The molecular formula is C29H20N4.